The van der Waals surface area contributed by atoms with Crippen LogP contribution in [0.1, 0.15) is 51.9 Å². The number of hydrogen-bond donors (Lipinski definition) is 2. The van der Waals surface area contributed by atoms with Crippen molar-refractivity contribution in [3.8, 4) is 0 Å². The molecule has 0 atom stereocenters. The minimum absolute atomic E-state index is 0.875. The van der Waals surface area contributed by atoms with E-state index in [0.29, 0.717) is 0 Å². The highest BCUT2D eigenvalue weighted by atomic mass is 14.9. The van der Waals surface area contributed by atoms with Gasteiger partial charge in [0.15, 0.2) is 0 Å². The summed E-state index contributed by atoms with van der Waals surface area (Å²) in [4.78, 5) is 0. The van der Waals surface area contributed by atoms with Crippen molar-refractivity contribution in [2.45, 2.75) is 57.9 Å². The van der Waals surface area contributed by atoms with E-state index in [1.807, 2.05) is 0 Å². The van der Waals surface area contributed by atoms with E-state index in [0.717, 1.165) is 6.04 Å². The molecule has 0 bridgehead atoms. The molecule has 2 N–H and O–H groups in total. The summed E-state index contributed by atoms with van der Waals surface area (Å²) in [5.74, 6) is 0. The molecule has 0 aromatic heterocycles. The first-order chi connectivity index (χ1) is 6.93. The number of rotatable bonds is 10. The predicted molar refractivity (Wildman–Crippen MR) is 62.7 cm³/mol. The number of hydrogen-bond acceptors (Lipinski definition) is 2. The lowest BCUT2D eigenvalue weighted by Gasteiger charge is -2.05. The minimum Gasteiger partial charge on any atom is -0.317 e. The van der Waals surface area contributed by atoms with Crippen LogP contribution in [0.15, 0.2) is 0 Å². The van der Waals surface area contributed by atoms with Gasteiger partial charge in [0, 0.05) is 6.04 Å². The van der Waals surface area contributed by atoms with E-state index in [-0.39, 0.29) is 0 Å². The molecule has 1 saturated carbocycles. The summed E-state index contributed by atoms with van der Waals surface area (Å²) in [6, 6.07) is 0.875. The number of unbranched alkanes of at least 4 members (excludes halogenated alkanes) is 3. The van der Waals surface area contributed by atoms with Crippen molar-refractivity contribution < 1.29 is 0 Å². The van der Waals surface area contributed by atoms with Crippen LogP contribution < -0.4 is 10.6 Å². The third-order valence-electron chi connectivity index (χ3n) is 2.75. The third-order valence-corrected chi connectivity index (χ3v) is 2.75. The Balaban J connectivity index is 1.63. The van der Waals surface area contributed by atoms with E-state index < -0.39 is 0 Å². The topological polar surface area (TPSA) is 24.1 Å². The van der Waals surface area contributed by atoms with Crippen molar-refractivity contribution >= 4 is 0 Å². The fourth-order valence-corrected chi connectivity index (χ4v) is 1.61. The van der Waals surface area contributed by atoms with Crippen molar-refractivity contribution in [1.29, 1.82) is 0 Å². The van der Waals surface area contributed by atoms with E-state index in [1.54, 1.807) is 0 Å². The molecule has 0 unspecified atom stereocenters. The van der Waals surface area contributed by atoms with Crippen LogP contribution in [0.2, 0.25) is 0 Å². The molecule has 1 fully saturated rings. The Bertz CT molecular complexity index is 121. The van der Waals surface area contributed by atoms with E-state index >= 15 is 0 Å². The van der Waals surface area contributed by atoms with Crippen molar-refractivity contribution in [3.05, 3.63) is 0 Å². The highest BCUT2D eigenvalue weighted by Crippen LogP contribution is 2.18. The minimum atomic E-state index is 0.875. The summed E-state index contributed by atoms with van der Waals surface area (Å²) in [7, 11) is 0. The maximum atomic E-state index is 3.53. The summed E-state index contributed by atoms with van der Waals surface area (Å²) >= 11 is 0. The van der Waals surface area contributed by atoms with Gasteiger partial charge in [0.1, 0.15) is 0 Å². The Morgan fingerprint density at radius 2 is 1.71 bits per heavy atom. The molecule has 84 valence electrons. The normalized spacial score (nSPS) is 16.1. The first kappa shape index (κ1) is 12.0. The van der Waals surface area contributed by atoms with Crippen LogP contribution in [-0.2, 0) is 0 Å². The van der Waals surface area contributed by atoms with Gasteiger partial charge in [-0.25, -0.2) is 0 Å². The Hall–Kier alpha value is -0.0800. The van der Waals surface area contributed by atoms with Crippen molar-refractivity contribution in [3.63, 3.8) is 0 Å². The molecule has 1 aliphatic carbocycles. The molecule has 0 aromatic rings. The third kappa shape index (κ3) is 7.34. The van der Waals surface area contributed by atoms with Gasteiger partial charge in [0.05, 0.1) is 0 Å². The smallest absolute Gasteiger partial charge is 0.00682 e. The Kier molecular flexibility index (Phi) is 7.06. The van der Waals surface area contributed by atoms with Crippen LogP contribution in [0.25, 0.3) is 0 Å². The molecule has 0 aromatic carbocycles. The lowest BCUT2D eigenvalue weighted by atomic mass is 10.2. The molecule has 2 nitrogen and oxygen atoms in total. The van der Waals surface area contributed by atoms with Gasteiger partial charge in [-0.05, 0) is 45.3 Å². The maximum absolute atomic E-state index is 3.53. The molecule has 1 rings (SSSR count). The van der Waals surface area contributed by atoms with Crippen molar-refractivity contribution in [2.24, 2.45) is 0 Å². The molecule has 0 aliphatic heterocycles. The van der Waals surface area contributed by atoms with Gasteiger partial charge < -0.3 is 10.6 Å². The molecule has 0 radical (unpaired) electrons. The summed E-state index contributed by atoms with van der Waals surface area (Å²) in [6.45, 7) is 5.86. The fraction of sp³-hybridized carbons (Fsp3) is 1.00. The van der Waals surface area contributed by atoms with Crippen LogP contribution >= 0.6 is 0 Å². The molecule has 0 amide bonds. The monoisotopic (exact) mass is 198 g/mol. The zero-order valence-electron chi connectivity index (χ0n) is 9.65. The first-order valence-corrected chi connectivity index (χ1v) is 6.37. The maximum Gasteiger partial charge on any atom is 0.00682 e. The van der Waals surface area contributed by atoms with Crippen molar-refractivity contribution in [1.82, 2.24) is 10.6 Å². The highest BCUT2D eigenvalue weighted by molar-refractivity contribution is 4.80. The zero-order chi connectivity index (χ0) is 10.1. The van der Waals surface area contributed by atoms with E-state index in [1.165, 1.54) is 64.6 Å². The molecule has 14 heavy (non-hydrogen) atoms. The lowest BCUT2D eigenvalue weighted by Crippen LogP contribution is -2.23. The highest BCUT2D eigenvalue weighted by Gasteiger charge is 2.19. The molecule has 0 saturated heterocycles. The van der Waals surface area contributed by atoms with Gasteiger partial charge in [0.25, 0.3) is 0 Å². The second-order valence-corrected chi connectivity index (χ2v) is 4.39. The van der Waals surface area contributed by atoms with Crippen LogP contribution in [-0.4, -0.2) is 25.7 Å². The molecular weight excluding hydrogens is 172 g/mol. The Morgan fingerprint density at radius 3 is 2.43 bits per heavy atom. The van der Waals surface area contributed by atoms with E-state index in [4.69, 9.17) is 0 Å². The first-order valence-electron chi connectivity index (χ1n) is 6.37. The van der Waals surface area contributed by atoms with Crippen LogP contribution in [0.5, 0.6) is 0 Å². The van der Waals surface area contributed by atoms with E-state index in [2.05, 4.69) is 17.6 Å². The second kappa shape index (κ2) is 8.25. The van der Waals surface area contributed by atoms with Gasteiger partial charge in [-0.2, -0.15) is 0 Å². The average Bonchev–Trinajstić information content (AvgIpc) is 2.99. The van der Waals surface area contributed by atoms with Crippen LogP contribution in [0, 0.1) is 0 Å². The fourth-order valence-electron chi connectivity index (χ4n) is 1.61. The standard InChI is InChI=1S/C12H26N2/c1-2-3-4-5-9-13-10-6-11-14-12-7-8-12/h12-14H,2-11H2,1H3. The van der Waals surface area contributed by atoms with Crippen molar-refractivity contribution in [2.75, 3.05) is 19.6 Å². The van der Waals surface area contributed by atoms with Gasteiger partial charge >= 0.3 is 0 Å². The summed E-state index contributed by atoms with van der Waals surface area (Å²) in [6.07, 6.45) is 9.57. The Morgan fingerprint density at radius 1 is 0.929 bits per heavy atom. The average molecular weight is 198 g/mol. The molecule has 0 spiro atoms. The summed E-state index contributed by atoms with van der Waals surface area (Å²) in [5.41, 5.74) is 0. The molecule has 0 heterocycles. The molecule has 2 heteroatoms. The van der Waals surface area contributed by atoms with Crippen LogP contribution in [0.4, 0.5) is 0 Å². The zero-order valence-corrected chi connectivity index (χ0v) is 9.65. The van der Waals surface area contributed by atoms with Gasteiger partial charge in [-0.1, -0.05) is 26.2 Å². The summed E-state index contributed by atoms with van der Waals surface area (Å²) < 4.78 is 0. The van der Waals surface area contributed by atoms with Crippen LogP contribution in [0.3, 0.4) is 0 Å². The van der Waals surface area contributed by atoms with Gasteiger partial charge in [-0.15, -0.1) is 0 Å². The SMILES string of the molecule is CCCCCCNCCCNC1CC1. The van der Waals surface area contributed by atoms with Gasteiger partial charge in [-0.3, -0.25) is 0 Å². The second-order valence-electron chi connectivity index (χ2n) is 4.39. The van der Waals surface area contributed by atoms with Gasteiger partial charge in [0.2, 0.25) is 0 Å². The molecule has 1 aliphatic rings. The molecular formula is C12H26N2. The lowest BCUT2D eigenvalue weighted by molar-refractivity contribution is 0.564. The van der Waals surface area contributed by atoms with E-state index in [9.17, 15) is 0 Å². The number of nitrogens with one attached hydrogen (secondary N) is 2. The summed E-state index contributed by atoms with van der Waals surface area (Å²) in [5, 5.41) is 7.03. The largest absolute Gasteiger partial charge is 0.317 e. The quantitative estimate of drug-likeness (QED) is 0.526. The predicted octanol–water partition coefficient (Wildman–Crippen LogP) is 2.30. The Labute approximate surface area is 88.8 Å².